The molecule has 0 saturated heterocycles. The van der Waals surface area contributed by atoms with Crippen molar-refractivity contribution in [3.05, 3.63) is 11.6 Å². The second-order valence-corrected chi connectivity index (χ2v) is 3.91. The normalized spacial score (nSPS) is 18.4. The molecule has 2 N–H and O–H groups in total. The van der Waals surface area contributed by atoms with E-state index >= 15 is 0 Å². The molecule has 0 radical (unpaired) electrons. The first kappa shape index (κ1) is 10.9. The summed E-state index contributed by atoms with van der Waals surface area (Å²) < 4.78 is 0. The van der Waals surface area contributed by atoms with E-state index in [9.17, 15) is 14.7 Å². The van der Waals surface area contributed by atoms with Gasteiger partial charge in [0, 0.05) is 6.08 Å². The van der Waals surface area contributed by atoms with Crippen LogP contribution >= 0.6 is 0 Å². The van der Waals surface area contributed by atoms with Crippen molar-refractivity contribution < 1.29 is 14.7 Å². The number of carbonyl (C=O) groups is 2. The Kier molecular flexibility index (Phi) is 3.41. The van der Waals surface area contributed by atoms with Gasteiger partial charge < -0.3 is 5.11 Å². The van der Waals surface area contributed by atoms with Crippen LogP contribution in [0.25, 0.3) is 0 Å². The molecule has 0 aliphatic carbocycles. The molecular formula is C10H15NO3. The Morgan fingerprint density at radius 1 is 1.36 bits per heavy atom. The quantitative estimate of drug-likeness (QED) is 0.640. The van der Waals surface area contributed by atoms with E-state index in [0.29, 0.717) is 12.3 Å². The number of aliphatic hydroxyl groups is 1. The molecule has 2 amide bonds. The number of rotatable bonds is 4. The molecule has 78 valence electrons. The number of imide groups is 1. The van der Waals surface area contributed by atoms with Crippen LogP contribution in [0.4, 0.5) is 0 Å². The van der Waals surface area contributed by atoms with Gasteiger partial charge in [0.15, 0.2) is 0 Å². The average Bonchev–Trinajstić information content (AvgIpc) is 2.41. The molecule has 0 bridgehead atoms. The number of hydrogen-bond acceptors (Lipinski definition) is 3. The molecule has 1 rings (SSSR count). The highest BCUT2D eigenvalue weighted by atomic mass is 16.3. The summed E-state index contributed by atoms with van der Waals surface area (Å²) >= 11 is 0. The highest BCUT2D eigenvalue weighted by Gasteiger charge is 2.26. The summed E-state index contributed by atoms with van der Waals surface area (Å²) in [5.41, 5.74) is 0.190. The second-order valence-electron chi connectivity index (χ2n) is 3.91. The Morgan fingerprint density at radius 3 is 2.43 bits per heavy atom. The summed E-state index contributed by atoms with van der Waals surface area (Å²) in [5.74, 6) is -0.426. The van der Waals surface area contributed by atoms with E-state index in [1.54, 1.807) is 0 Å². The van der Waals surface area contributed by atoms with Crippen molar-refractivity contribution in [1.82, 2.24) is 5.32 Å². The minimum atomic E-state index is -0.816. The zero-order chi connectivity index (χ0) is 10.7. The van der Waals surface area contributed by atoms with E-state index in [1.165, 1.54) is 6.08 Å². The van der Waals surface area contributed by atoms with Gasteiger partial charge in [-0.2, -0.15) is 0 Å². The molecule has 0 aromatic carbocycles. The molecular weight excluding hydrogens is 182 g/mol. The van der Waals surface area contributed by atoms with Crippen molar-refractivity contribution in [2.24, 2.45) is 5.92 Å². The van der Waals surface area contributed by atoms with E-state index < -0.39 is 17.9 Å². The number of carbonyl (C=O) groups excluding carboxylic acids is 2. The van der Waals surface area contributed by atoms with Crippen LogP contribution in [0.2, 0.25) is 0 Å². The summed E-state index contributed by atoms with van der Waals surface area (Å²) in [6.07, 6.45) is 1.71. The monoisotopic (exact) mass is 197 g/mol. The fourth-order valence-electron chi connectivity index (χ4n) is 1.32. The van der Waals surface area contributed by atoms with E-state index in [2.05, 4.69) is 5.32 Å². The maximum atomic E-state index is 11.1. The topological polar surface area (TPSA) is 66.4 Å². The van der Waals surface area contributed by atoms with Gasteiger partial charge in [0.2, 0.25) is 0 Å². The van der Waals surface area contributed by atoms with Crippen molar-refractivity contribution >= 4 is 11.8 Å². The van der Waals surface area contributed by atoms with Crippen molar-refractivity contribution in [3.8, 4) is 0 Å². The molecule has 1 heterocycles. The van der Waals surface area contributed by atoms with E-state index in [4.69, 9.17) is 0 Å². The fourth-order valence-corrected chi connectivity index (χ4v) is 1.32. The van der Waals surface area contributed by atoms with Crippen molar-refractivity contribution in [2.45, 2.75) is 32.8 Å². The van der Waals surface area contributed by atoms with E-state index in [1.807, 2.05) is 13.8 Å². The molecule has 0 spiro atoms. The lowest BCUT2D eigenvalue weighted by molar-refractivity contribution is -0.124. The minimum Gasteiger partial charge on any atom is -0.388 e. The number of nitrogens with one attached hydrogen (secondary N) is 1. The zero-order valence-electron chi connectivity index (χ0n) is 8.41. The third kappa shape index (κ3) is 2.67. The van der Waals surface area contributed by atoms with Crippen molar-refractivity contribution in [3.63, 3.8) is 0 Å². The summed E-state index contributed by atoms with van der Waals surface area (Å²) in [7, 11) is 0. The Balaban J connectivity index is 2.52. The van der Waals surface area contributed by atoms with Gasteiger partial charge >= 0.3 is 0 Å². The van der Waals surface area contributed by atoms with Gasteiger partial charge in [-0.15, -0.1) is 0 Å². The Hall–Kier alpha value is -1.16. The lowest BCUT2D eigenvalue weighted by Crippen LogP contribution is -2.26. The van der Waals surface area contributed by atoms with Crippen LogP contribution in [0.5, 0.6) is 0 Å². The van der Waals surface area contributed by atoms with Crippen LogP contribution < -0.4 is 5.32 Å². The molecule has 1 aliphatic heterocycles. The molecule has 1 atom stereocenters. The third-order valence-electron chi connectivity index (χ3n) is 2.16. The molecule has 1 aliphatic rings. The molecule has 0 aromatic heterocycles. The first-order valence-electron chi connectivity index (χ1n) is 4.75. The van der Waals surface area contributed by atoms with Gasteiger partial charge in [-0.25, -0.2) is 0 Å². The maximum absolute atomic E-state index is 11.1. The first-order valence-corrected chi connectivity index (χ1v) is 4.75. The zero-order valence-corrected chi connectivity index (χ0v) is 8.41. The minimum absolute atomic E-state index is 0.190. The summed E-state index contributed by atoms with van der Waals surface area (Å²) in [6, 6.07) is 0. The Bertz CT molecular complexity index is 281. The predicted molar refractivity (Wildman–Crippen MR) is 51.3 cm³/mol. The molecule has 1 unspecified atom stereocenters. The molecule has 4 nitrogen and oxygen atoms in total. The lowest BCUT2D eigenvalue weighted by Gasteiger charge is -2.11. The second kappa shape index (κ2) is 4.37. The molecule has 0 saturated carbocycles. The summed E-state index contributed by atoms with van der Waals surface area (Å²) in [6.45, 7) is 4.09. The molecule has 4 heteroatoms. The average molecular weight is 197 g/mol. The van der Waals surface area contributed by atoms with Crippen LogP contribution in [0.3, 0.4) is 0 Å². The smallest absolute Gasteiger partial charge is 0.256 e. The standard InChI is InChI=1S/C10H15NO3/c1-6(2)3-4-8(12)7-5-9(13)11-10(7)14/h5-6,8,12H,3-4H2,1-2H3,(H,11,13,14). The van der Waals surface area contributed by atoms with E-state index in [-0.39, 0.29) is 5.57 Å². The van der Waals surface area contributed by atoms with Crippen LogP contribution in [0.1, 0.15) is 26.7 Å². The van der Waals surface area contributed by atoms with Crippen LogP contribution in [-0.2, 0) is 9.59 Å². The highest BCUT2D eigenvalue weighted by Crippen LogP contribution is 2.15. The third-order valence-corrected chi connectivity index (χ3v) is 2.16. The molecule has 0 fully saturated rings. The van der Waals surface area contributed by atoms with Gasteiger partial charge in [-0.1, -0.05) is 13.8 Å². The van der Waals surface area contributed by atoms with Gasteiger partial charge in [-0.05, 0) is 18.8 Å². The van der Waals surface area contributed by atoms with Crippen LogP contribution in [-0.4, -0.2) is 23.0 Å². The molecule has 14 heavy (non-hydrogen) atoms. The van der Waals surface area contributed by atoms with Gasteiger partial charge in [0.25, 0.3) is 11.8 Å². The van der Waals surface area contributed by atoms with Crippen molar-refractivity contribution in [1.29, 1.82) is 0 Å². The van der Waals surface area contributed by atoms with Gasteiger partial charge in [-0.3, -0.25) is 14.9 Å². The number of hydrogen-bond donors (Lipinski definition) is 2. The number of aliphatic hydroxyl groups excluding tert-OH is 1. The lowest BCUT2D eigenvalue weighted by atomic mass is 10.0. The maximum Gasteiger partial charge on any atom is 0.256 e. The van der Waals surface area contributed by atoms with Gasteiger partial charge in [0.05, 0.1) is 11.7 Å². The van der Waals surface area contributed by atoms with E-state index in [0.717, 1.165) is 6.42 Å². The van der Waals surface area contributed by atoms with Gasteiger partial charge in [0.1, 0.15) is 0 Å². The predicted octanol–water partition coefficient (Wildman–Crippen LogP) is 0.366. The molecule has 0 aromatic rings. The first-order chi connectivity index (χ1) is 6.50. The SMILES string of the molecule is CC(C)CCC(O)C1=CC(=O)NC1=O. The Morgan fingerprint density at radius 2 is 2.00 bits per heavy atom. The fraction of sp³-hybridized carbons (Fsp3) is 0.600. The van der Waals surface area contributed by atoms with Crippen molar-refractivity contribution in [2.75, 3.05) is 0 Å². The largest absolute Gasteiger partial charge is 0.388 e. The van der Waals surface area contributed by atoms with Crippen LogP contribution in [0, 0.1) is 5.92 Å². The highest BCUT2D eigenvalue weighted by molar-refractivity contribution is 6.16. The summed E-state index contributed by atoms with van der Waals surface area (Å²) in [5, 5.41) is 11.7. The van der Waals surface area contributed by atoms with Crippen LogP contribution in [0.15, 0.2) is 11.6 Å². The Labute approximate surface area is 83.0 Å². The number of amides is 2. The summed E-state index contributed by atoms with van der Waals surface area (Å²) in [4.78, 5) is 21.9.